The van der Waals surface area contributed by atoms with E-state index in [9.17, 15) is 18.4 Å². The number of hydrogen-bond donors (Lipinski definition) is 1. The minimum Gasteiger partial charge on any atom is -0.323 e. The quantitative estimate of drug-likeness (QED) is 0.907. The first-order valence-corrected chi connectivity index (χ1v) is 6.84. The summed E-state index contributed by atoms with van der Waals surface area (Å²) in [6.45, 7) is 1.14. The molecule has 3 rings (SSSR count). The Morgan fingerprint density at radius 1 is 1.05 bits per heavy atom. The summed E-state index contributed by atoms with van der Waals surface area (Å²) in [6, 6.07) is 2.36. The number of nitrogens with zero attached hydrogens (tertiary/aromatic N) is 2. The Kier molecular flexibility index (Phi) is 3.48. The Balaban J connectivity index is 1.59. The molecule has 1 aromatic carbocycles. The van der Waals surface area contributed by atoms with E-state index in [1.165, 1.54) is 4.90 Å². The van der Waals surface area contributed by atoms with Crippen LogP contribution in [0.1, 0.15) is 12.8 Å². The number of rotatable bonds is 2. The summed E-state index contributed by atoms with van der Waals surface area (Å²) in [4.78, 5) is 27.0. The van der Waals surface area contributed by atoms with Crippen LogP contribution in [0.4, 0.5) is 19.3 Å². The first kappa shape index (κ1) is 13.8. The van der Waals surface area contributed by atoms with Gasteiger partial charge in [-0.2, -0.15) is 0 Å². The second kappa shape index (κ2) is 5.31. The summed E-state index contributed by atoms with van der Waals surface area (Å²) in [5.41, 5.74) is 0.0597. The van der Waals surface area contributed by atoms with Crippen LogP contribution in [-0.2, 0) is 4.79 Å². The van der Waals surface area contributed by atoms with Crippen LogP contribution < -0.4 is 5.32 Å². The molecular weight excluding hydrogens is 280 g/mol. The van der Waals surface area contributed by atoms with Crippen LogP contribution in [0.3, 0.4) is 0 Å². The molecule has 5 nitrogen and oxygen atoms in total. The van der Waals surface area contributed by atoms with Crippen molar-refractivity contribution >= 4 is 17.6 Å². The zero-order valence-corrected chi connectivity index (χ0v) is 11.3. The lowest BCUT2D eigenvalue weighted by Gasteiger charge is -2.19. The number of halogens is 2. The van der Waals surface area contributed by atoms with Gasteiger partial charge in [0.2, 0.25) is 5.91 Å². The van der Waals surface area contributed by atoms with Gasteiger partial charge in [0.25, 0.3) is 0 Å². The van der Waals surface area contributed by atoms with Gasteiger partial charge in [-0.05, 0) is 25.0 Å². The second-order valence-corrected chi connectivity index (χ2v) is 5.37. The summed E-state index contributed by atoms with van der Waals surface area (Å²) in [5, 5.41) is 2.44. The normalized spacial score (nSPS) is 18.0. The van der Waals surface area contributed by atoms with Gasteiger partial charge < -0.3 is 15.1 Å². The van der Waals surface area contributed by atoms with Gasteiger partial charge in [0.05, 0.1) is 6.67 Å². The molecule has 112 valence electrons. The standard InChI is InChI=1S/C14H15F2N3O2/c15-10-5-11(16)7-12(6-10)17-14(21)19-4-3-18(8-19)13(20)9-1-2-9/h5-7,9H,1-4,8H2,(H,17,21). The van der Waals surface area contributed by atoms with Crippen molar-refractivity contribution in [2.45, 2.75) is 12.8 Å². The lowest BCUT2D eigenvalue weighted by atomic mass is 10.3. The largest absolute Gasteiger partial charge is 0.323 e. The molecule has 1 heterocycles. The molecule has 1 aromatic rings. The maximum absolute atomic E-state index is 13.1. The SMILES string of the molecule is O=C(Nc1cc(F)cc(F)c1)N1CCN(C(=O)C2CC2)C1. The molecule has 21 heavy (non-hydrogen) atoms. The number of carbonyl (C=O) groups excluding carboxylic acids is 2. The Hall–Kier alpha value is -2.18. The summed E-state index contributed by atoms with van der Waals surface area (Å²) in [6.07, 6.45) is 1.84. The molecule has 1 aliphatic heterocycles. The van der Waals surface area contributed by atoms with Gasteiger partial charge >= 0.3 is 6.03 Å². The third-order valence-corrected chi connectivity index (χ3v) is 3.62. The first-order valence-electron chi connectivity index (χ1n) is 6.84. The number of carbonyl (C=O) groups is 2. The van der Waals surface area contributed by atoms with E-state index in [1.807, 2.05) is 0 Å². The molecule has 7 heteroatoms. The minimum absolute atomic E-state index is 0.0597. The van der Waals surface area contributed by atoms with Crippen LogP contribution in [0.25, 0.3) is 0 Å². The van der Waals surface area contributed by atoms with E-state index in [0.717, 1.165) is 31.0 Å². The van der Waals surface area contributed by atoms with Crippen LogP contribution in [0.5, 0.6) is 0 Å². The van der Waals surface area contributed by atoms with Gasteiger partial charge in [0.1, 0.15) is 11.6 Å². The molecule has 0 atom stereocenters. The monoisotopic (exact) mass is 295 g/mol. The van der Waals surface area contributed by atoms with Crippen molar-refractivity contribution < 1.29 is 18.4 Å². The second-order valence-electron chi connectivity index (χ2n) is 5.37. The van der Waals surface area contributed by atoms with E-state index in [2.05, 4.69) is 5.32 Å². The molecule has 0 aromatic heterocycles. The summed E-state index contributed by atoms with van der Waals surface area (Å²) in [7, 11) is 0. The number of urea groups is 1. The van der Waals surface area contributed by atoms with Gasteiger partial charge in [0.15, 0.2) is 0 Å². The number of amides is 3. The number of nitrogens with one attached hydrogen (secondary N) is 1. The van der Waals surface area contributed by atoms with Crippen molar-refractivity contribution in [1.82, 2.24) is 9.80 Å². The molecule has 2 fully saturated rings. The number of hydrogen-bond acceptors (Lipinski definition) is 2. The van der Waals surface area contributed by atoms with Gasteiger partial charge in [0, 0.05) is 30.8 Å². The van der Waals surface area contributed by atoms with Crippen molar-refractivity contribution in [2.24, 2.45) is 5.92 Å². The first-order chi connectivity index (χ1) is 10.0. The molecule has 1 saturated heterocycles. The van der Waals surface area contributed by atoms with Crippen LogP contribution in [-0.4, -0.2) is 41.5 Å². The Morgan fingerprint density at radius 2 is 1.67 bits per heavy atom. The predicted octanol–water partition coefficient (Wildman–Crippen LogP) is 2.01. The molecule has 1 aliphatic carbocycles. The lowest BCUT2D eigenvalue weighted by Crippen LogP contribution is -2.36. The van der Waals surface area contributed by atoms with Gasteiger partial charge in [-0.1, -0.05) is 0 Å². The highest BCUT2D eigenvalue weighted by molar-refractivity contribution is 5.90. The van der Waals surface area contributed by atoms with Gasteiger partial charge in [-0.15, -0.1) is 0 Å². The summed E-state index contributed by atoms with van der Waals surface area (Å²) in [5.74, 6) is -1.30. The van der Waals surface area contributed by atoms with Crippen molar-refractivity contribution in [3.63, 3.8) is 0 Å². The minimum atomic E-state index is -0.753. The fraction of sp³-hybridized carbons (Fsp3) is 0.429. The maximum Gasteiger partial charge on any atom is 0.323 e. The zero-order chi connectivity index (χ0) is 15.0. The van der Waals surface area contributed by atoms with Crippen molar-refractivity contribution in [3.8, 4) is 0 Å². The molecule has 0 spiro atoms. The van der Waals surface area contributed by atoms with E-state index in [4.69, 9.17) is 0 Å². The predicted molar refractivity (Wildman–Crippen MR) is 71.4 cm³/mol. The maximum atomic E-state index is 13.1. The average Bonchev–Trinajstić information content (AvgIpc) is 3.13. The van der Waals surface area contributed by atoms with Gasteiger partial charge in [-0.3, -0.25) is 4.79 Å². The molecule has 1 N–H and O–H groups in total. The van der Waals surface area contributed by atoms with Crippen molar-refractivity contribution in [2.75, 3.05) is 25.1 Å². The lowest BCUT2D eigenvalue weighted by molar-refractivity contribution is -0.131. The van der Waals surface area contributed by atoms with E-state index < -0.39 is 17.7 Å². The van der Waals surface area contributed by atoms with Crippen LogP contribution in [0.15, 0.2) is 18.2 Å². The molecule has 0 unspecified atom stereocenters. The average molecular weight is 295 g/mol. The van der Waals surface area contributed by atoms with Crippen LogP contribution >= 0.6 is 0 Å². The topological polar surface area (TPSA) is 52.7 Å². The fourth-order valence-electron chi connectivity index (χ4n) is 2.35. The Labute approximate surface area is 120 Å². The van der Waals surface area contributed by atoms with Crippen LogP contribution in [0.2, 0.25) is 0 Å². The summed E-state index contributed by atoms with van der Waals surface area (Å²) >= 11 is 0. The highest BCUT2D eigenvalue weighted by Crippen LogP contribution is 2.31. The third-order valence-electron chi connectivity index (χ3n) is 3.62. The molecular formula is C14H15F2N3O2. The highest BCUT2D eigenvalue weighted by atomic mass is 19.1. The molecule has 0 bridgehead atoms. The van der Waals surface area contributed by atoms with E-state index >= 15 is 0 Å². The molecule has 2 aliphatic rings. The van der Waals surface area contributed by atoms with E-state index in [0.29, 0.717) is 13.1 Å². The van der Waals surface area contributed by atoms with E-state index in [1.54, 1.807) is 4.90 Å². The van der Waals surface area contributed by atoms with E-state index in [-0.39, 0.29) is 24.2 Å². The molecule has 1 saturated carbocycles. The third kappa shape index (κ3) is 3.12. The number of anilines is 1. The van der Waals surface area contributed by atoms with Gasteiger partial charge in [-0.25, -0.2) is 13.6 Å². The smallest absolute Gasteiger partial charge is 0.323 e. The van der Waals surface area contributed by atoms with Crippen molar-refractivity contribution in [1.29, 1.82) is 0 Å². The molecule has 0 radical (unpaired) electrons. The summed E-state index contributed by atoms with van der Waals surface area (Å²) < 4.78 is 26.1. The Bertz CT molecular complexity index is 569. The zero-order valence-electron chi connectivity index (χ0n) is 11.3. The van der Waals surface area contributed by atoms with Crippen molar-refractivity contribution in [3.05, 3.63) is 29.8 Å². The molecule has 3 amide bonds. The van der Waals surface area contributed by atoms with Crippen LogP contribution in [0, 0.1) is 17.6 Å². The highest BCUT2D eigenvalue weighted by Gasteiger charge is 2.37. The fourth-order valence-corrected chi connectivity index (χ4v) is 2.35. The number of benzene rings is 1. The Morgan fingerprint density at radius 3 is 2.29 bits per heavy atom.